The third-order valence-electron chi connectivity index (χ3n) is 3.38. The minimum absolute atomic E-state index is 0.0390. The monoisotopic (exact) mass is 332 g/mol. The van der Waals surface area contributed by atoms with Gasteiger partial charge in [0, 0.05) is 17.0 Å². The predicted octanol–water partition coefficient (Wildman–Crippen LogP) is 2.76. The Hall–Kier alpha value is -2.21. The molecule has 0 spiro atoms. The smallest absolute Gasteiger partial charge is 0.325 e. The third kappa shape index (κ3) is 4.63. The molecule has 5 nitrogen and oxygen atoms in total. The van der Waals surface area contributed by atoms with Crippen LogP contribution in [0.3, 0.4) is 0 Å². The molecule has 0 aliphatic carbocycles. The first kappa shape index (κ1) is 17.1. The summed E-state index contributed by atoms with van der Waals surface area (Å²) in [6.07, 6.45) is 0.179. The van der Waals surface area contributed by atoms with Gasteiger partial charge in [-0.1, -0.05) is 30.3 Å². The summed E-state index contributed by atoms with van der Waals surface area (Å²) < 4.78 is 4.65. The lowest BCUT2D eigenvalue weighted by Crippen LogP contribution is -2.41. The number of hydrogen-bond acceptors (Lipinski definition) is 5. The molecule has 1 heterocycles. The van der Waals surface area contributed by atoms with Crippen molar-refractivity contribution in [1.82, 2.24) is 9.88 Å². The minimum Gasteiger partial charge on any atom is -0.468 e. The fraction of sp³-hybridized carbons (Fsp3) is 0.353. The van der Waals surface area contributed by atoms with Crippen LogP contribution < -0.4 is 0 Å². The molecule has 1 aromatic carbocycles. The number of hydrogen-bond donors (Lipinski definition) is 0. The summed E-state index contributed by atoms with van der Waals surface area (Å²) >= 11 is 1.51. The molecule has 23 heavy (non-hydrogen) atoms. The molecular weight excluding hydrogens is 312 g/mol. The Morgan fingerprint density at radius 2 is 1.96 bits per heavy atom. The van der Waals surface area contributed by atoms with Gasteiger partial charge in [0.15, 0.2) is 0 Å². The Balaban J connectivity index is 2.07. The van der Waals surface area contributed by atoms with E-state index in [1.54, 1.807) is 0 Å². The van der Waals surface area contributed by atoms with Crippen LogP contribution in [-0.4, -0.2) is 41.5 Å². The molecular formula is C17H20N2O3S. The highest BCUT2D eigenvalue weighted by Gasteiger charge is 2.21. The average Bonchev–Trinajstić information content (AvgIpc) is 3.01. The van der Waals surface area contributed by atoms with E-state index in [1.165, 1.54) is 23.3 Å². The van der Waals surface area contributed by atoms with E-state index < -0.39 is 5.97 Å². The first-order chi connectivity index (χ1) is 11.0. The molecule has 0 bridgehead atoms. The van der Waals surface area contributed by atoms with Crippen LogP contribution >= 0.6 is 11.3 Å². The molecule has 0 N–H and O–H groups in total. The van der Waals surface area contributed by atoms with Crippen molar-refractivity contribution in [2.45, 2.75) is 26.3 Å². The molecule has 0 atom stereocenters. The second-order valence-corrected chi connectivity index (χ2v) is 6.24. The van der Waals surface area contributed by atoms with E-state index >= 15 is 0 Å². The van der Waals surface area contributed by atoms with E-state index in [4.69, 9.17) is 0 Å². The van der Waals surface area contributed by atoms with Gasteiger partial charge in [-0.05, 0) is 13.8 Å². The second kappa shape index (κ2) is 7.87. The molecule has 2 aromatic rings. The number of amides is 1. The van der Waals surface area contributed by atoms with E-state index in [-0.39, 0.29) is 24.9 Å². The second-order valence-electron chi connectivity index (χ2n) is 5.38. The summed E-state index contributed by atoms with van der Waals surface area (Å²) in [5, 5.41) is 2.77. The molecule has 1 amide bonds. The van der Waals surface area contributed by atoms with Crippen LogP contribution in [-0.2, 0) is 20.7 Å². The van der Waals surface area contributed by atoms with Crippen LogP contribution in [0.15, 0.2) is 35.7 Å². The van der Waals surface area contributed by atoms with Gasteiger partial charge in [0.2, 0.25) is 5.91 Å². The molecule has 0 aliphatic heterocycles. The zero-order valence-corrected chi connectivity index (χ0v) is 14.3. The molecule has 0 radical (unpaired) electrons. The highest BCUT2D eigenvalue weighted by Crippen LogP contribution is 2.23. The largest absolute Gasteiger partial charge is 0.468 e. The number of carbonyl (C=O) groups is 2. The van der Waals surface area contributed by atoms with Gasteiger partial charge in [-0.25, -0.2) is 4.98 Å². The van der Waals surface area contributed by atoms with Crippen molar-refractivity contribution >= 4 is 23.2 Å². The lowest BCUT2D eigenvalue weighted by atomic mass is 10.2. The molecule has 0 saturated heterocycles. The van der Waals surface area contributed by atoms with E-state index in [0.717, 1.165) is 16.3 Å². The summed E-state index contributed by atoms with van der Waals surface area (Å²) in [4.78, 5) is 29.9. The fourth-order valence-electron chi connectivity index (χ4n) is 2.12. The van der Waals surface area contributed by atoms with E-state index in [0.29, 0.717) is 0 Å². The molecule has 1 aromatic heterocycles. The van der Waals surface area contributed by atoms with Crippen molar-refractivity contribution in [2.75, 3.05) is 13.7 Å². The van der Waals surface area contributed by atoms with Crippen LogP contribution in [0.25, 0.3) is 10.6 Å². The Labute approximate surface area is 139 Å². The summed E-state index contributed by atoms with van der Waals surface area (Å²) in [6, 6.07) is 9.77. The zero-order chi connectivity index (χ0) is 16.8. The number of thiazole rings is 1. The molecule has 2 rings (SSSR count). The van der Waals surface area contributed by atoms with Crippen molar-refractivity contribution in [3.8, 4) is 10.6 Å². The van der Waals surface area contributed by atoms with Gasteiger partial charge in [-0.2, -0.15) is 0 Å². The normalized spacial score (nSPS) is 10.6. The number of rotatable bonds is 6. The Morgan fingerprint density at radius 3 is 2.57 bits per heavy atom. The molecule has 122 valence electrons. The highest BCUT2D eigenvalue weighted by molar-refractivity contribution is 7.13. The number of carbonyl (C=O) groups excluding carboxylic acids is 2. The van der Waals surface area contributed by atoms with Gasteiger partial charge >= 0.3 is 5.97 Å². The van der Waals surface area contributed by atoms with Crippen LogP contribution in [0.4, 0.5) is 0 Å². The Kier molecular flexibility index (Phi) is 5.87. The predicted molar refractivity (Wildman–Crippen MR) is 90.1 cm³/mol. The lowest BCUT2D eigenvalue weighted by molar-refractivity contribution is -0.148. The van der Waals surface area contributed by atoms with Gasteiger partial charge in [0.1, 0.15) is 11.6 Å². The van der Waals surface area contributed by atoms with Crippen LogP contribution in [0.5, 0.6) is 0 Å². The highest BCUT2D eigenvalue weighted by atomic mass is 32.1. The molecule has 0 unspecified atom stereocenters. The SMILES string of the molecule is COC(=O)CN(C(=O)Cc1csc(-c2ccccc2)n1)C(C)C. The molecule has 0 saturated carbocycles. The van der Waals surface area contributed by atoms with Gasteiger partial charge in [-0.3, -0.25) is 9.59 Å². The molecule has 6 heteroatoms. The van der Waals surface area contributed by atoms with Crippen LogP contribution in [0.1, 0.15) is 19.5 Å². The maximum Gasteiger partial charge on any atom is 0.325 e. The minimum atomic E-state index is -0.421. The first-order valence-electron chi connectivity index (χ1n) is 7.37. The molecule has 0 aliphatic rings. The Morgan fingerprint density at radius 1 is 1.26 bits per heavy atom. The number of aromatic nitrogens is 1. The number of ether oxygens (including phenoxy) is 1. The van der Waals surface area contributed by atoms with Gasteiger partial charge in [0.25, 0.3) is 0 Å². The van der Waals surface area contributed by atoms with Crippen molar-refractivity contribution < 1.29 is 14.3 Å². The molecule has 0 fully saturated rings. The first-order valence-corrected chi connectivity index (χ1v) is 8.25. The van der Waals surface area contributed by atoms with Crippen LogP contribution in [0.2, 0.25) is 0 Å². The van der Waals surface area contributed by atoms with Crippen molar-refractivity contribution in [3.63, 3.8) is 0 Å². The maximum absolute atomic E-state index is 12.4. The van der Waals surface area contributed by atoms with E-state index in [9.17, 15) is 9.59 Å². The fourth-order valence-corrected chi connectivity index (χ4v) is 2.95. The number of benzene rings is 1. The summed E-state index contributed by atoms with van der Waals surface area (Å²) in [6.45, 7) is 3.71. The summed E-state index contributed by atoms with van der Waals surface area (Å²) in [5.74, 6) is -0.550. The third-order valence-corrected chi connectivity index (χ3v) is 4.32. The maximum atomic E-state index is 12.4. The van der Waals surface area contributed by atoms with Crippen molar-refractivity contribution in [1.29, 1.82) is 0 Å². The topological polar surface area (TPSA) is 59.5 Å². The van der Waals surface area contributed by atoms with Crippen molar-refractivity contribution in [2.24, 2.45) is 0 Å². The van der Waals surface area contributed by atoms with Gasteiger partial charge < -0.3 is 9.64 Å². The lowest BCUT2D eigenvalue weighted by Gasteiger charge is -2.25. The van der Waals surface area contributed by atoms with Crippen molar-refractivity contribution in [3.05, 3.63) is 41.4 Å². The van der Waals surface area contributed by atoms with Crippen LogP contribution in [0, 0.1) is 0 Å². The number of esters is 1. The Bertz CT molecular complexity index is 667. The average molecular weight is 332 g/mol. The quantitative estimate of drug-likeness (QED) is 0.763. The van der Waals surface area contributed by atoms with Gasteiger partial charge in [-0.15, -0.1) is 11.3 Å². The zero-order valence-electron chi connectivity index (χ0n) is 13.5. The standard InChI is InChI=1S/C17H20N2O3S/c1-12(2)19(10-16(21)22-3)15(20)9-14-11-23-17(18-14)13-7-5-4-6-8-13/h4-8,11-12H,9-10H2,1-3H3. The summed E-state index contributed by atoms with van der Waals surface area (Å²) in [7, 11) is 1.32. The van der Waals surface area contributed by atoms with E-state index in [2.05, 4.69) is 9.72 Å². The number of nitrogens with zero attached hydrogens (tertiary/aromatic N) is 2. The summed E-state index contributed by atoms with van der Waals surface area (Å²) in [5.41, 5.74) is 1.75. The number of methoxy groups -OCH3 is 1. The van der Waals surface area contributed by atoms with E-state index in [1.807, 2.05) is 49.6 Å². The van der Waals surface area contributed by atoms with Gasteiger partial charge in [0.05, 0.1) is 19.2 Å².